The number of aromatic nitrogens is 1. The molecule has 5 nitrogen and oxygen atoms in total. The number of methoxy groups -OCH3 is 1. The van der Waals surface area contributed by atoms with Gasteiger partial charge in [-0.05, 0) is 35.2 Å². The summed E-state index contributed by atoms with van der Waals surface area (Å²) in [6, 6.07) is 16.4. The van der Waals surface area contributed by atoms with Crippen LogP contribution >= 0.6 is 0 Å². The minimum Gasteiger partial charge on any atom is -0.497 e. The number of benzene rings is 2. The molecule has 0 spiro atoms. The Bertz CT molecular complexity index is 871. The first-order valence-electron chi connectivity index (χ1n) is 8.42. The maximum Gasteiger partial charge on any atom is 0.230 e. The van der Waals surface area contributed by atoms with Gasteiger partial charge in [0.05, 0.1) is 12.7 Å². The minimum atomic E-state index is 0.359. The van der Waals surface area contributed by atoms with Crippen LogP contribution in [0.5, 0.6) is 5.75 Å². The summed E-state index contributed by atoms with van der Waals surface area (Å²) in [7, 11) is 1.66. The Morgan fingerprint density at radius 1 is 1.12 bits per heavy atom. The quantitative estimate of drug-likeness (QED) is 0.791. The van der Waals surface area contributed by atoms with E-state index in [1.807, 2.05) is 24.3 Å². The lowest BCUT2D eigenvalue weighted by molar-refractivity contribution is 0.238. The van der Waals surface area contributed by atoms with Gasteiger partial charge in [0.2, 0.25) is 5.88 Å². The largest absolute Gasteiger partial charge is 0.497 e. The first-order chi connectivity index (χ1) is 12.2. The lowest BCUT2D eigenvalue weighted by atomic mass is 9.99. The summed E-state index contributed by atoms with van der Waals surface area (Å²) in [6.07, 6.45) is 1.06. The Balaban J connectivity index is 1.58. The number of ether oxygens (including phenoxy) is 1. The third kappa shape index (κ3) is 3.10. The van der Waals surface area contributed by atoms with Crippen LogP contribution in [0.25, 0.3) is 11.1 Å². The molecule has 0 amide bonds. The van der Waals surface area contributed by atoms with Crippen molar-refractivity contribution in [2.24, 2.45) is 0 Å². The van der Waals surface area contributed by atoms with Crippen LogP contribution in [0.2, 0.25) is 0 Å². The maximum absolute atomic E-state index is 6.05. The molecular weight excluding hydrogens is 314 g/mol. The molecule has 4 rings (SSSR count). The lowest BCUT2D eigenvalue weighted by Gasteiger charge is -2.28. The molecule has 2 aromatic carbocycles. The van der Waals surface area contributed by atoms with Gasteiger partial charge >= 0.3 is 0 Å². The lowest BCUT2D eigenvalue weighted by Crippen LogP contribution is -2.30. The van der Waals surface area contributed by atoms with Crippen molar-refractivity contribution >= 4 is 5.88 Å². The number of nitrogens with zero attached hydrogens (tertiary/aromatic N) is 2. The molecule has 128 valence electrons. The van der Waals surface area contributed by atoms with E-state index >= 15 is 0 Å². The molecule has 0 saturated carbocycles. The second kappa shape index (κ2) is 6.61. The van der Waals surface area contributed by atoms with Gasteiger partial charge in [-0.25, -0.2) is 0 Å². The van der Waals surface area contributed by atoms with Crippen LogP contribution in [0.15, 0.2) is 53.1 Å². The molecule has 0 aliphatic carbocycles. The Labute approximate surface area is 147 Å². The highest BCUT2D eigenvalue weighted by atomic mass is 16.5. The van der Waals surface area contributed by atoms with Crippen molar-refractivity contribution in [2.75, 3.05) is 19.4 Å². The molecule has 0 atom stereocenters. The van der Waals surface area contributed by atoms with Gasteiger partial charge in [0.15, 0.2) is 0 Å². The molecule has 0 saturated heterocycles. The van der Waals surface area contributed by atoms with Crippen LogP contribution in [-0.4, -0.2) is 23.7 Å². The highest BCUT2D eigenvalue weighted by Gasteiger charge is 2.21. The van der Waals surface area contributed by atoms with Crippen molar-refractivity contribution < 1.29 is 9.26 Å². The van der Waals surface area contributed by atoms with Gasteiger partial charge in [0.1, 0.15) is 11.4 Å². The second-order valence-corrected chi connectivity index (χ2v) is 6.33. The summed E-state index contributed by atoms with van der Waals surface area (Å²) in [6.45, 7) is 2.65. The molecule has 25 heavy (non-hydrogen) atoms. The van der Waals surface area contributed by atoms with E-state index < -0.39 is 0 Å². The Hall–Kier alpha value is -2.79. The van der Waals surface area contributed by atoms with Gasteiger partial charge in [0, 0.05) is 19.6 Å². The van der Waals surface area contributed by atoms with Crippen molar-refractivity contribution in [3.63, 3.8) is 0 Å². The zero-order chi connectivity index (χ0) is 17.2. The average Bonchev–Trinajstić information content (AvgIpc) is 3.02. The summed E-state index contributed by atoms with van der Waals surface area (Å²) >= 11 is 0. The normalized spacial score (nSPS) is 14.3. The average molecular weight is 335 g/mol. The van der Waals surface area contributed by atoms with E-state index in [4.69, 9.17) is 15.0 Å². The number of nitrogens with two attached hydrogens (primary N) is 1. The maximum atomic E-state index is 6.05. The van der Waals surface area contributed by atoms with Gasteiger partial charge in [0.25, 0.3) is 0 Å². The van der Waals surface area contributed by atoms with Crippen LogP contribution in [0, 0.1) is 0 Å². The molecule has 2 N–H and O–H groups in total. The number of fused-ring (bicyclic) bond motifs is 1. The molecule has 3 aromatic rings. The molecule has 5 heteroatoms. The van der Waals surface area contributed by atoms with Crippen LogP contribution in [0.3, 0.4) is 0 Å². The summed E-state index contributed by atoms with van der Waals surface area (Å²) < 4.78 is 10.5. The van der Waals surface area contributed by atoms with E-state index in [9.17, 15) is 0 Å². The summed E-state index contributed by atoms with van der Waals surface area (Å²) in [5.41, 5.74) is 11.6. The van der Waals surface area contributed by atoms with Crippen molar-refractivity contribution in [3.05, 3.63) is 65.4 Å². The summed E-state index contributed by atoms with van der Waals surface area (Å²) in [5.74, 6) is 1.17. The number of hydrogen-bond donors (Lipinski definition) is 1. The van der Waals surface area contributed by atoms with Gasteiger partial charge < -0.3 is 15.0 Å². The zero-order valence-corrected chi connectivity index (χ0v) is 14.2. The van der Waals surface area contributed by atoms with Crippen LogP contribution in [-0.2, 0) is 19.5 Å². The van der Waals surface area contributed by atoms with Gasteiger partial charge in [-0.1, -0.05) is 41.6 Å². The van der Waals surface area contributed by atoms with Crippen molar-refractivity contribution in [3.8, 4) is 16.9 Å². The molecule has 0 radical (unpaired) electrons. The smallest absolute Gasteiger partial charge is 0.230 e. The highest BCUT2D eigenvalue weighted by molar-refractivity contribution is 5.75. The first-order valence-corrected chi connectivity index (χ1v) is 8.42. The first kappa shape index (κ1) is 15.7. The molecule has 1 aliphatic rings. The van der Waals surface area contributed by atoms with Crippen LogP contribution in [0.1, 0.15) is 16.8 Å². The second-order valence-electron chi connectivity index (χ2n) is 6.33. The Morgan fingerprint density at radius 3 is 2.64 bits per heavy atom. The molecule has 0 fully saturated rings. The van der Waals surface area contributed by atoms with Crippen LogP contribution < -0.4 is 10.5 Å². The molecule has 0 bridgehead atoms. The van der Waals surface area contributed by atoms with Crippen molar-refractivity contribution in [2.45, 2.75) is 19.5 Å². The van der Waals surface area contributed by atoms with Gasteiger partial charge in [-0.3, -0.25) is 4.90 Å². The van der Waals surface area contributed by atoms with E-state index in [-0.39, 0.29) is 0 Å². The monoisotopic (exact) mass is 335 g/mol. The number of nitrogen functional groups attached to an aromatic ring is 1. The van der Waals surface area contributed by atoms with Crippen LogP contribution in [0.4, 0.5) is 5.88 Å². The number of anilines is 1. The third-order valence-corrected chi connectivity index (χ3v) is 4.75. The fourth-order valence-corrected chi connectivity index (χ4v) is 3.41. The molecule has 0 unspecified atom stereocenters. The standard InChI is InChI=1S/C20H21N3O2/c1-24-17-8-6-15(7-9-17)19-18(22-25-20(19)21)13-23-11-10-14-4-2-3-5-16(14)12-23/h2-9H,10-13,21H2,1H3. The molecular formula is C20H21N3O2. The van der Waals surface area contributed by atoms with Crippen molar-refractivity contribution in [1.82, 2.24) is 10.1 Å². The highest BCUT2D eigenvalue weighted by Crippen LogP contribution is 2.32. The Kier molecular flexibility index (Phi) is 4.15. The Morgan fingerprint density at radius 2 is 1.88 bits per heavy atom. The topological polar surface area (TPSA) is 64.5 Å². The van der Waals surface area contributed by atoms with E-state index in [0.29, 0.717) is 5.88 Å². The fourth-order valence-electron chi connectivity index (χ4n) is 3.41. The van der Waals surface area contributed by atoms with Gasteiger partial charge in [-0.15, -0.1) is 0 Å². The summed E-state index contributed by atoms with van der Waals surface area (Å²) in [5, 5.41) is 4.21. The SMILES string of the molecule is COc1ccc(-c2c(CN3CCc4ccccc4C3)noc2N)cc1. The zero-order valence-electron chi connectivity index (χ0n) is 14.2. The van der Waals surface area contributed by atoms with Gasteiger partial charge in [-0.2, -0.15) is 0 Å². The minimum absolute atomic E-state index is 0.359. The molecule has 1 aromatic heterocycles. The van der Waals surface area contributed by atoms with E-state index in [1.54, 1.807) is 7.11 Å². The van der Waals surface area contributed by atoms with Crippen molar-refractivity contribution in [1.29, 1.82) is 0 Å². The summed E-state index contributed by atoms with van der Waals surface area (Å²) in [4.78, 5) is 2.38. The number of rotatable bonds is 4. The predicted molar refractivity (Wildman–Crippen MR) is 97.2 cm³/mol. The fraction of sp³-hybridized carbons (Fsp3) is 0.250. The van der Waals surface area contributed by atoms with E-state index in [0.717, 1.165) is 48.6 Å². The van der Waals surface area contributed by atoms with E-state index in [2.05, 4.69) is 34.3 Å². The molecule has 1 aliphatic heterocycles. The third-order valence-electron chi connectivity index (χ3n) is 4.75. The van der Waals surface area contributed by atoms with E-state index in [1.165, 1.54) is 11.1 Å². The molecule has 2 heterocycles. The predicted octanol–water partition coefficient (Wildman–Crippen LogP) is 3.49. The number of hydrogen-bond acceptors (Lipinski definition) is 5.